The molecule has 274 valence electrons. The maximum absolute atomic E-state index is 12.2. The monoisotopic (exact) mass is 772 g/mol. The maximum Gasteiger partial charge on any atom is 0.460 e. The molecule has 5 aromatic carbocycles. The maximum atomic E-state index is 12.2. The van der Waals surface area contributed by atoms with Gasteiger partial charge >= 0.3 is 33.4 Å². The highest BCUT2D eigenvalue weighted by Crippen LogP contribution is 2.54. The second-order valence-electron chi connectivity index (χ2n) is 11.7. The average Bonchev–Trinajstić information content (AvgIpc) is 3.45. The van der Waals surface area contributed by atoms with E-state index < -0.39 is 43.2 Å². The molecule has 1 aliphatic carbocycles. The van der Waals surface area contributed by atoms with Crippen LogP contribution in [0.3, 0.4) is 0 Å². The van der Waals surface area contributed by atoms with Crippen molar-refractivity contribution in [3.05, 3.63) is 126 Å². The Kier molecular flexibility index (Phi) is 9.93. The largest absolute Gasteiger partial charge is 0.460 e. The number of rotatable bonds is 7. The highest BCUT2D eigenvalue weighted by Gasteiger charge is 2.85. The molecule has 0 aliphatic heterocycles. The summed E-state index contributed by atoms with van der Waals surface area (Å²) < 4.78 is 158. The molecule has 0 spiro atoms. The number of halogens is 9. The lowest BCUT2D eigenvalue weighted by molar-refractivity contribution is -0.382. The van der Waals surface area contributed by atoms with Gasteiger partial charge in [-0.25, -0.2) is 8.42 Å². The number of benzene rings is 5. The molecule has 5 aromatic rings. The van der Waals surface area contributed by atoms with Gasteiger partial charge in [0.2, 0.25) is 0 Å². The van der Waals surface area contributed by atoms with Gasteiger partial charge in [-0.05, 0) is 80.3 Å². The fourth-order valence-electron chi connectivity index (χ4n) is 5.74. The molecular weight excluding hydrogens is 748 g/mol. The lowest BCUT2D eigenvalue weighted by atomic mass is 9.82. The van der Waals surface area contributed by atoms with Crippen LogP contribution in [0.25, 0.3) is 44.5 Å². The lowest BCUT2D eigenvalue weighted by Crippen LogP contribution is -2.63. The molecule has 0 atom stereocenters. The van der Waals surface area contributed by atoms with Crippen LogP contribution in [0.5, 0.6) is 0 Å². The Balaban J connectivity index is 0.000000262. The molecule has 0 aromatic heterocycles. The van der Waals surface area contributed by atoms with Gasteiger partial charge in [0.15, 0.2) is 9.84 Å². The number of hydrogen-bond donors (Lipinski definition) is 1. The Bertz CT molecular complexity index is 2330. The average molecular weight is 773 g/mol. The Morgan fingerprint density at radius 2 is 1.02 bits per heavy atom. The molecule has 1 aliphatic rings. The predicted octanol–water partition coefficient (Wildman–Crippen LogP) is 9.96. The summed E-state index contributed by atoms with van der Waals surface area (Å²) in [7, 11) is -10.4. The van der Waals surface area contributed by atoms with Crippen LogP contribution in [0, 0.1) is 0 Å². The van der Waals surface area contributed by atoms with Crippen LogP contribution in [0.2, 0.25) is 0 Å². The molecule has 0 heterocycles. The first kappa shape index (κ1) is 38.6. The van der Waals surface area contributed by atoms with Gasteiger partial charge in [-0.3, -0.25) is 4.55 Å². The second-order valence-corrected chi connectivity index (χ2v) is 15.2. The van der Waals surface area contributed by atoms with E-state index in [0.717, 1.165) is 23.1 Å². The molecule has 0 fully saturated rings. The summed E-state index contributed by atoms with van der Waals surface area (Å²) in [6.45, 7) is 0. The molecule has 6 rings (SSSR count). The van der Waals surface area contributed by atoms with Gasteiger partial charge < -0.3 is 0 Å². The Morgan fingerprint density at radius 3 is 1.50 bits per heavy atom. The predicted molar refractivity (Wildman–Crippen MR) is 177 cm³/mol. The van der Waals surface area contributed by atoms with E-state index in [1.165, 1.54) is 45.2 Å². The summed E-state index contributed by atoms with van der Waals surface area (Å²) in [6.07, 6.45) is -5.00. The molecule has 0 unspecified atom stereocenters. The summed E-state index contributed by atoms with van der Waals surface area (Å²) in [4.78, 5) is 0.331. The van der Waals surface area contributed by atoms with Crippen molar-refractivity contribution in [2.24, 2.45) is 0 Å². The molecule has 0 saturated carbocycles. The van der Waals surface area contributed by atoms with Gasteiger partial charge in [-0.15, -0.1) is 0 Å². The normalized spacial score (nSPS) is 13.5. The van der Waals surface area contributed by atoms with Crippen molar-refractivity contribution < 1.29 is 60.9 Å². The van der Waals surface area contributed by atoms with Crippen molar-refractivity contribution >= 4 is 20.0 Å². The minimum Gasteiger partial charge on any atom is -0.281 e. The minimum atomic E-state index is -7.37. The highest BCUT2D eigenvalue weighted by atomic mass is 32.2. The van der Waals surface area contributed by atoms with Gasteiger partial charge in [0.1, 0.15) is 0 Å². The first-order valence-electron chi connectivity index (χ1n) is 14.9. The lowest BCUT2D eigenvalue weighted by Gasteiger charge is -2.31. The van der Waals surface area contributed by atoms with E-state index in [0.29, 0.717) is 4.90 Å². The molecular formula is C36H25F9O5S2. The van der Waals surface area contributed by atoms with E-state index in [9.17, 15) is 56.3 Å². The van der Waals surface area contributed by atoms with Crippen LogP contribution in [0.1, 0.15) is 11.1 Å². The smallest absolute Gasteiger partial charge is 0.281 e. The second kappa shape index (κ2) is 13.4. The van der Waals surface area contributed by atoms with Crippen molar-refractivity contribution in [1.29, 1.82) is 0 Å². The van der Waals surface area contributed by atoms with E-state index in [4.69, 9.17) is 4.55 Å². The van der Waals surface area contributed by atoms with E-state index in [-0.39, 0.29) is 0 Å². The third-order valence-electron chi connectivity index (χ3n) is 8.27. The molecule has 1 N–H and O–H groups in total. The van der Waals surface area contributed by atoms with Gasteiger partial charge in [-0.2, -0.15) is 47.9 Å². The van der Waals surface area contributed by atoms with Crippen LogP contribution in [0.15, 0.2) is 120 Å². The van der Waals surface area contributed by atoms with E-state index in [1.807, 2.05) is 18.2 Å². The molecule has 0 amide bonds. The molecule has 0 bridgehead atoms. The standard InChI is InChI=1S/C32H24O2S.C4HF9O3S/c1-35(33,34)26-18-16-22(17-19-26)28-21-29-27-15-9-8-14-25(27)20-30(29)32(24-12-6-3-7-13-24)31(28)23-10-4-2-5-11-23;5-1(6,3(9,10)11)2(7,8)4(12,13)17(14,15)16/h2-19,21H,20H2,1H3;(H,14,15,16). The summed E-state index contributed by atoms with van der Waals surface area (Å²) in [6, 6.07) is 39.3. The fraction of sp³-hybridized carbons (Fsp3) is 0.167. The summed E-state index contributed by atoms with van der Waals surface area (Å²) in [5.41, 5.74) is 12.1. The zero-order valence-corrected chi connectivity index (χ0v) is 28.1. The van der Waals surface area contributed by atoms with E-state index >= 15 is 0 Å². The SMILES string of the molecule is CS(=O)(=O)c1ccc(-c2cc3c(c(-c4ccccc4)c2-c2ccccc2)Cc2ccccc2-3)cc1.O=S(=O)(O)C(F)(F)C(F)(F)C(F)(F)C(F)(F)F. The van der Waals surface area contributed by atoms with Crippen molar-refractivity contribution in [1.82, 2.24) is 0 Å². The van der Waals surface area contributed by atoms with Gasteiger partial charge in [-0.1, -0.05) is 97.1 Å². The van der Waals surface area contributed by atoms with Crippen molar-refractivity contribution in [3.8, 4) is 44.5 Å². The topological polar surface area (TPSA) is 88.5 Å². The van der Waals surface area contributed by atoms with Crippen LogP contribution in [-0.4, -0.2) is 50.9 Å². The zero-order chi connectivity index (χ0) is 38.5. The Labute approximate surface area is 292 Å². The quantitative estimate of drug-likeness (QED) is 0.129. The third-order valence-corrected chi connectivity index (χ3v) is 10.3. The van der Waals surface area contributed by atoms with Gasteiger partial charge in [0.05, 0.1) is 4.90 Å². The Morgan fingerprint density at radius 1 is 0.538 bits per heavy atom. The van der Waals surface area contributed by atoms with Crippen molar-refractivity contribution in [2.45, 2.75) is 34.6 Å². The number of alkyl halides is 9. The van der Waals surface area contributed by atoms with Crippen LogP contribution in [0.4, 0.5) is 39.5 Å². The van der Waals surface area contributed by atoms with Gasteiger partial charge in [0, 0.05) is 6.26 Å². The molecule has 5 nitrogen and oxygen atoms in total. The molecule has 0 radical (unpaired) electrons. The van der Waals surface area contributed by atoms with Crippen LogP contribution >= 0.6 is 0 Å². The summed E-state index contributed by atoms with van der Waals surface area (Å²) in [5, 5.41) is -7.00. The van der Waals surface area contributed by atoms with Crippen molar-refractivity contribution in [3.63, 3.8) is 0 Å². The number of hydrogen-bond acceptors (Lipinski definition) is 4. The van der Waals surface area contributed by atoms with Gasteiger partial charge in [0.25, 0.3) is 0 Å². The number of sulfone groups is 1. The molecule has 52 heavy (non-hydrogen) atoms. The minimum absolute atomic E-state index is 0.331. The van der Waals surface area contributed by atoms with Crippen molar-refractivity contribution in [2.75, 3.05) is 6.26 Å². The summed E-state index contributed by atoms with van der Waals surface area (Å²) in [5.74, 6) is -14.7. The van der Waals surface area contributed by atoms with E-state index in [2.05, 4.69) is 84.9 Å². The number of fused-ring (bicyclic) bond motifs is 3. The highest BCUT2D eigenvalue weighted by molar-refractivity contribution is 7.90. The van der Waals surface area contributed by atoms with Crippen LogP contribution in [-0.2, 0) is 26.4 Å². The van der Waals surface area contributed by atoms with E-state index in [1.54, 1.807) is 12.1 Å². The first-order chi connectivity index (χ1) is 24.0. The molecule has 16 heteroatoms. The molecule has 0 saturated heterocycles. The Hall–Kier alpha value is -4.67. The third kappa shape index (κ3) is 6.81. The fourth-order valence-corrected chi connectivity index (χ4v) is 6.82. The van der Waals surface area contributed by atoms with Crippen LogP contribution < -0.4 is 0 Å². The first-order valence-corrected chi connectivity index (χ1v) is 18.2. The zero-order valence-electron chi connectivity index (χ0n) is 26.5. The summed E-state index contributed by atoms with van der Waals surface area (Å²) >= 11 is 0.